The van der Waals surface area contributed by atoms with Gasteiger partial charge in [0.1, 0.15) is 13.2 Å². The molecule has 0 aliphatic heterocycles. The number of rotatable bonds is 6. The number of alkyl halides is 2. The molecule has 1 aromatic carbocycles. The van der Waals surface area contributed by atoms with Gasteiger partial charge in [0.05, 0.1) is 0 Å². The summed E-state index contributed by atoms with van der Waals surface area (Å²) >= 11 is 4.24. The Morgan fingerprint density at radius 1 is 0.850 bits per heavy atom. The van der Waals surface area contributed by atoms with Crippen LogP contribution in [0.4, 0.5) is 21.0 Å². The van der Waals surface area contributed by atoms with Gasteiger partial charge in [0.15, 0.2) is 0 Å². The minimum Gasteiger partial charge on any atom is -0.448 e. The van der Waals surface area contributed by atoms with Gasteiger partial charge in [-0.05, 0) is 24.3 Å². The average molecular weight is 504 g/mol. The largest absolute Gasteiger partial charge is 0.448 e. The molecule has 0 aliphatic carbocycles. The fourth-order valence-corrected chi connectivity index (χ4v) is 1.65. The highest BCUT2D eigenvalue weighted by atomic mass is 127. The Balaban J connectivity index is 2.43. The highest BCUT2D eigenvalue weighted by Gasteiger charge is 2.04. The molecule has 0 bridgehead atoms. The van der Waals surface area contributed by atoms with Crippen molar-refractivity contribution in [3.05, 3.63) is 24.3 Å². The SMILES string of the molecule is O=C(Nc1ccc(NC(=O)OCCI)cc1)OCCI. The van der Waals surface area contributed by atoms with Crippen molar-refractivity contribution < 1.29 is 19.1 Å². The zero-order valence-corrected chi connectivity index (χ0v) is 14.8. The van der Waals surface area contributed by atoms with E-state index < -0.39 is 12.2 Å². The molecule has 0 radical (unpaired) electrons. The van der Waals surface area contributed by atoms with Crippen molar-refractivity contribution in [3.63, 3.8) is 0 Å². The Bertz CT molecular complexity index is 399. The van der Waals surface area contributed by atoms with Gasteiger partial charge >= 0.3 is 12.2 Å². The first-order valence-electron chi connectivity index (χ1n) is 5.75. The minimum absolute atomic E-state index is 0.370. The summed E-state index contributed by atoms with van der Waals surface area (Å²) in [5, 5.41) is 5.16. The van der Waals surface area contributed by atoms with Crippen LogP contribution < -0.4 is 10.6 Å². The molecule has 110 valence electrons. The molecule has 1 aromatic rings. The molecule has 2 amide bonds. The molecule has 0 saturated heterocycles. The van der Waals surface area contributed by atoms with Crippen molar-refractivity contribution in [1.29, 1.82) is 0 Å². The van der Waals surface area contributed by atoms with E-state index in [2.05, 4.69) is 55.8 Å². The molecule has 0 fully saturated rings. The summed E-state index contributed by atoms with van der Waals surface area (Å²) in [6.45, 7) is 0.739. The van der Waals surface area contributed by atoms with Gasteiger partial charge < -0.3 is 9.47 Å². The molecule has 0 aliphatic rings. The van der Waals surface area contributed by atoms with E-state index in [1.54, 1.807) is 24.3 Å². The van der Waals surface area contributed by atoms with Gasteiger partial charge in [-0.1, -0.05) is 45.2 Å². The van der Waals surface area contributed by atoms with Crippen LogP contribution in [0.25, 0.3) is 0 Å². The van der Waals surface area contributed by atoms with Crippen LogP contribution in [0.1, 0.15) is 0 Å². The number of halogens is 2. The van der Waals surface area contributed by atoms with Gasteiger partial charge in [-0.15, -0.1) is 0 Å². The molecule has 0 aromatic heterocycles. The van der Waals surface area contributed by atoms with Gasteiger partial charge in [0.2, 0.25) is 0 Å². The van der Waals surface area contributed by atoms with Crippen LogP contribution >= 0.6 is 45.2 Å². The third kappa shape index (κ3) is 7.12. The van der Waals surface area contributed by atoms with Gasteiger partial charge in [0.25, 0.3) is 0 Å². The lowest BCUT2D eigenvalue weighted by atomic mass is 10.3. The molecular weight excluding hydrogens is 490 g/mol. The highest BCUT2D eigenvalue weighted by Crippen LogP contribution is 2.14. The van der Waals surface area contributed by atoms with Crippen LogP contribution in [-0.4, -0.2) is 34.3 Å². The predicted octanol–water partition coefficient (Wildman–Crippen LogP) is 3.65. The van der Waals surface area contributed by atoms with Crippen molar-refractivity contribution >= 4 is 68.7 Å². The number of anilines is 2. The Kier molecular flexibility index (Phi) is 8.65. The van der Waals surface area contributed by atoms with Crippen LogP contribution in [0.2, 0.25) is 0 Å². The number of hydrogen-bond acceptors (Lipinski definition) is 4. The quantitative estimate of drug-likeness (QED) is 0.459. The number of amides is 2. The smallest absolute Gasteiger partial charge is 0.411 e. The second-order valence-corrected chi connectivity index (χ2v) is 5.63. The van der Waals surface area contributed by atoms with Gasteiger partial charge in [-0.25, -0.2) is 9.59 Å². The van der Waals surface area contributed by atoms with Crippen LogP contribution in [-0.2, 0) is 9.47 Å². The third-order valence-electron chi connectivity index (χ3n) is 2.00. The van der Waals surface area contributed by atoms with Gasteiger partial charge in [-0.3, -0.25) is 10.6 Å². The highest BCUT2D eigenvalue weighted by molar-refractivity contribution is 14.1. The summed E-state index contributed by atoms with van der Waals surface area (Å²) in [7, 11) is 0. The molecule has 2 N–H and O–H groups in total. The van der Waals surface area contributed by atoms with E-state index in [1.807, 2.05) is 0 Å². The predicted molar refractivity (Wildman–Crippen MR) is 94.2 cm³/mol. The fourth-order valence-electron chi connectivity index (χ4n) is 1.21. The summed E-state index contributed by atoms with van der Waals surface area (Å²) in [4.78, 5) is 22.7. The first-order chi connectivity index (χ1) is 9.65. The van der Waals surface area contributed by atoms with Crippen molar-refractivity contribution in [2.45, 2.75) is 0 Å². The summed E-state index contributed by atoms with van der Waals surface area (Å²) in [6, 6.07) is 6.66. The number of benzene rings is 1. The molecule has 0 heterocycles. The monoisotopic (exact) mass is 504 g/mol. The number of hydrogen-bond donors (Lipinski definition) is 2. The second-order valence-electron chi connectivity index (χ2n) is 3.48. The Morgan fingerprint density at radius 2 is 1.20 bits per heavy atom. The molecule has 1 rings (SSSR count). The van der Waals surface area contributed by atoms with Crippen LogP contribution in [0.5, 0.6) is 0 Å². The van der Waals surface area contributed by atoms with Crippen LogP contribution in [0.15, 0.2) is 24.3 Å². The number of nitrogens with one attached hydrogen (secondary N) is 2. The standard InChI is InChI=1S/C12H14I2N2O4/c13-5-7-19-11(17)15-9-1-2-10(4-3-9)16-12(18)20-8-6-14/h1-4H,5-8H2,(H,15,17)(H,16,18). The number of carbonyl (C=O) groups excluding carboxylic acids is 2. The summed E-state index contributed by atoms with van der Waals surface area (Å²) in [5.41, 5.74) is 1.18. The Labute approximate surface area is 144 Å². The number of carbonyl (C=O) groups is 2. The second kappa shape index (κ2) is 10.0. The zero-order chi connectivity index (χ0) is 14.8. The van der Waals surface area contributed by atoms with E-state index in [1.165, 1.54) is 0 Å². The topological polar surface area (TPSA) is 76.7 Å². The van der Waals surface area contributed by atoms with E-state index in [0.717, 1.165) is 8.86 Å². The Hall–Kier alpha value is -0.780. The zero-order valence-electron chi connectivity index (χ0n) is 10.5. The maximum atomic E-state index is 11.3. The van der Waals surface area contributed by atoms with Crippen molar-refractivity contribution in [2.75, 3.05) is 32.7 Å². The van der Waals surface area contributed by atoms with E-state index in [0.29, 0.717) is 24.6 Å². The molecule has 0 unspecified atom stereocenters. The average Bonchev–Trinajstić information content (AvgIpc) is 2.45. The minimum atomic E-state index is -0.496. The number of ether oxygens (including phenoxy) is 2. The molecule has 6 nitrogen and oxygen atoms in total. The summed E-state index contributed by atoms with van der Waals surface area (Å²) in [6.07, 6.45) is -0.993. The van der Waals surface area contributed by atoms with E-state index in [4.69, 9.17) is 9.47 Å². The molecule has 0 atom stereocenters. The third-order valence-corrected chi connectivity index (χ3v) is 2.88. The van der Waals surface area contributed by atoms with E-state index in [9.17, 15) is 9.59 Å². The molecule has 20 heavy (non-hydrogen) atoms. The lowest BCUT2D eigenvalue weighted by Gasteiger charge is -2.08. The maximum Gasteiger partial charge on any atom is 0.411 e. The normalized spacial score (nSPS) is 9.70. The summed E-state index contributed by atoms with van der Waals surface area (Å²) < 4.78 is 11.3. The lowest BCUT2D eigenvalue weighted by Crippen LogP contribution is -2.16. The molecule has 0 spiro atoms. The van der Waals surface area contributed by atoms with Crippen molar-refractivity contribution in [2.24, 2.45) is 0 Å². The Morgan fingerprint density at radius 3 is 1.50 bits per heavy atom. The molecule has 0 saturated carbocycles. The maximum absolute atomic E-state index is 11.3. The van der Waals surface area contributed by atoms with Crippen LogP contribution in [0.3, 0.4) is 0 Å². The first-order valence-corrected chi connectivity index (χ1v) is 8.80. The van der Waals surface area contributed by atoms with Gasteiger partial charge in [-0.2, -0.15) is 0 Å². The lowest BCUT2D eigenvalue weighted by molar-refractivity contribution is 0.168. The van der Waals surface area contributed by atoms with Crippen molar-refractivity contribution in [1.82, 2.24) is 0 Å². The summed E-state index contributed by atoms with van der Waals surface area (Å²) in [5.74, 6) is 0. The van der Waals surface area contributed by atoms with Gasteiger partial charge in [0, 0.05) is 20.2 Å². The van der Waals surface area contributed by atoms with E-state index in [-0.39, 0.29) is 0 Å². The van der Waals surface area contributed by atoms with Crippen LogP contribution in [0, 0.1) is 0 Å². The van der Waals surface area contributed by atoms with E-state index >= 15 is 0 Å². The molecule has 8 heteroatoms. The first kappa shape index (κ1) is 17.3. The van der Waals surface area contributed by atoms with Crippen molar-refractivity contribution in [3.8, 4) is 0 Å². The fraction of sp³-hybridized carbons (Fsp3) is 0.333. The molecular formula is C12H14I2N2O4.